The summed E-state index contributed by atoms with van der Waals surface area (Å²) in [5, 5.41) is 0. The Balaban J connectivity index is 1.41. The molecule has 126 valence electrons. The van der Waals surface area contributed by atoms with Crippen molar-refractivity contribution in [3.63, 3.8) is 0 Å². The minimum Gasteiger partial charge on any atom is -0.494 e. The van der Waals surface area contributed by atoms with Gasteiger partial charge in [0.25, 0.3) is 0 Å². The molecule has 5 nitrogen and oxygen atoms in total. The largest absolute Gasteiger partial charge is 0.494 e. The van der Waals surface area contributed by atoms with Gasteiger partial charge in [-0.25, -0.2) is 4.39 Å². The third-order valence-electron chi connectivity index (χ3n) is 4.55. The van der Waals surface area contributed by atoms with E-state index < -0.39 is 0 Å². The van der Waals surface area contributed by atoms with Crippen molar-refractivity contribution in [2.45, 2.75) is 25.0 Å². The van der Waals surface area contributed by atoms with Crippen LogP contribution in [0.15, 0.2) is 24.3 Å². The summed E-state index contributed by atoms with van der Waals surface area (Å²) in [7, 11) is 1.87. The molecule has 2 saturated heterocycles. The lowest BCUT2D eigenvalue weighted by Crippen LogP contribution is -2.42. The minimum absolute atomic E-state index is 0.115. The van der Waals surface area contributed by atoms with Crippen molar-refractivity contribution in [3.05, 3.63) is 30.1 Å². The first-order valence-corrected chi connectivity index (χ1v) is 8.11. The highest BCUT2D eigenvalue weighted by Gasteiger charge is 2.39. The van der Waals surface area contributed by atoms with Crippen LogP contribution in [0.25, 0.3) is 0 Å². The SMILES string of the molecule is CN1C(=O)CCO[C@H]2CN(CCCOc3ccc(F)cc3)C[C@@H]21. The van der Waals surface area contributed by atoms with Gasteiger partial charge in [0.05, 0.1) is 31.8 Å². The van der Waals surface area contributed by atoms with Gasteiger partial charge in [-0.3, -0.25) is 9.69 Å². The molecule has 0 N–H and O–H groups in total. The van der Waals surface area contributed by atoms with E-state index in [1.54, 1.807) is 12.1 Å². The highest BCUT2D eigenvalue weighted by molar-refractivity contribution is 5.76. The Morgan fingerprint density at radius 1 is 1.30 bits per heavy atom. The van der Waals surface area contributed by atoms with E-state index in [9.17, 15) is 9.18 Å². The second-order valence-electron chi connectivity index (χ2n) is 6.15. The molecule has 0 aromatic heterocycles. The molecule has 2 heterocycles. The van der Waals surface area contributed by atoms with Gasteiger partial charge in [-0.1, -0.05) is 0 Å². The Kier molecular flexibility index (Phi) is 5.13. The molecule has 0 spiro atoms. The van der Waals surface area contributed by atoms with Crippen molar-refractivity contribution in [1.29, 1.82) is 0 Å². The first-order chi connectivity index (χ1) is 11.1. The molecule has 2 aliphatic rings. The van der Waals surface area contributed by atoms with Crippen LogP contribution < -0.4 is 4.74 Å². The predicted octanol–water partition coefficient (Wildman–Crippen LogP) is 1.53. The van der Waals surface area contributed by atoms with E-state index in [1.807, 2.05) is 11.9 Å². The third-order valence-corrected chi connectivity index (χ3v) is 4.55. The lowest BCUT2D eigenvalue weighted by Gasteiger charge is -2.25. The molecule has 1 amide bonds. The zero-order valence-electron chi connectivity index (χ0n) is 13.4. The molecule has 0 radical (unpaired) electrons. The number of fused-ring (bicyclic) bond motifs is 1. The summed E-state index contributed by atoms with van der Waals surface area (Å²) in [5.74, 6) is 0.595. The van der Waals surface area contributed by atoms with E-state index in [0.29, 0.717) is 25.4 Å². The van der Waals surface area contributed by atoms with Gasteiger partial charge in [0, 0.05) is 26.7 Å². The van der Waals surface area contributed by atoms with Gasteiger partial charge in [-0.05, 0) is 30.7 Å². The Labute approximate surface area is 136 Å². The summed E-state index contributed by atoms with van der Waals surface area (Å²) in [6.45, 7) is 3.72. The van der Waals surface area contributed by atoms with Gasteiger partial charge < -0.3 is 14.4 Å². The lowest BCUT2D eigenvalue weighted by molar-refractivity contribution is -0.131. The van der Waals surface area contributed by atoms with E-state index in [2.05, 4.69) is 4.90 Å². The number of likely N-dealkylation sites (tertiary alicyclic amines) is 1. The van der Waals surface area contributed by atoms with Crippen LogP contribution in [0.1, 0.15) is 12.8 Å². The van der Waals surface area contributed by atoms with Crippen molar-refractivity contribution in [2.24, 2.45) is 0 Å². The van der Waals surface area contributed by atoms with Crippen LogP contribution in [0.5, 0.6) is 5.75 Å². The summed E-state index contributed by atoms with van der Waals surface area (Å²) in [6.07, 6.45) is 1.48. The fraction of sp³-hybridized carbons (Fsp3) is 0.588. The molecule has 2 atom stereocenters. The van der Waals surface area contributed by atoms with Crippen molar-refractivity contribution >= 4 is 5.91 Å². The third kappa shape index (κ3) is 4.00. The lowest BCUT2D eigenvalue weighted by atomic mass is 10.2. The van der Waals surface area contributed by atoms with Gasteiger partial charge in [0.2, 0.25) is 5.91 Å². The Bertz CT molecular complexity index is 537. The monoisotopic (exact) mass is 322 g/mol. The number of carbonyl (C=O) groups is 1. The molecular weight excluding hydrogens is 299 g/mol. The number of ether oxygens (including phenoxy) is 2. The van der Waals surface area contributed by atoms with Crippen LogP contribution in [0.4, 0.5) is 4.39 Å². The number of rotatable bonds is 5. The second-order valence-corrected chi connectivity index (χ2v) is 6.15. The van der Waals surface area contributed by atoms with E-state index in [0.717, 1.165) is 26.1 Å². The number of amides is 1. The maximum Gasteiger partial charge on any atom is 0.225 e. The molecule has 0 saturated carbocycles. The quantitative estimate of drug-likeness (QED) is 0.771. The highest BCUT2D eigenvalue weighted by atomic mass is 19.1. The maximum absolute atomic E-state index is 12.8. The van der Waals surface area contributed by atoms with E-state index >= 15 is 0 Å². The smallest absolute Gasteiger partial charge is 0.225 e. The molecule has 1 aromatic rings. The number of likely N-dealkylation sites (N-methyl/N-ethyl adjacent to an activating group) is 1. The second kappa shape index (κ2) is 7.27. The highest BCUT2D eigenvalue weighted by Crippen LogP contribution is 2.22. The van der Waals surface area contributed by atoms with Crippen molar-refractivity contribution < 1.29 is 18.7 Å². The van der Waals surface area contributed by atoms with Gasteiger partial charge in [-0.2, -0.15) is 0 Å². The van der Waals surface area contributed by atoms with Gasteiger partial charge >= 0.3 is 0 Å². The fourth-order valence-corrected chi connectivity index (χ4v) is 3.22. The maximum atomic E-state index is 12.8. The van der Waals surface area contributed by atoms with Crippen LogP contribution in [-0.4, -0.2) is 67.7 Å². The summed E-state index contributed by atoms with van der Waals surface area (Å²) < 4.78 is 24.2. The van der Waals surface area contributed by atoms with E-state index in [-0.39, 0.29) is 23.9 Å². The molecule has 3 rings (SSSR count). The molecule has 0 bridgehead atoms. The zero-order chi connectivity index (χ0) is 16.2. The molecule has 1 aromatic carbocycles. The van der Waals surface area contributed by atoms with Gasteiger partial charge in [0.15, 0.2) is 0 Å². The van der Waals surface area contributed by atoms with Crippen LogP contribution >= 0.6 is 0 Å². The molecule has 0 aliphatic carbocycles. The first-order valence-electron chi connectivity index (χ1n) is 8.11. The normalized spacial score (nSPS) is 25.3. The minimum atomic E-state index is -0.258. The Hall–Kier alpha value is -1.66. The molecule has 2 fully saturated rings. The van der Waals surface area contributed by atoms with E-state index in [4.69, 9.17) is 9.47 Å². The van der Waals surface area contributed by atoms with Gasteiger partial charge in [0.1, 0.15) is 11.6 Å². The number of halogens is 1. The van der Waals surface area contributed by atoms with Crippen molar-refractivity contribution in [2.75, 3.05) is 39.9 Å². The molecule has 6 heteroatoms. The summed E-state index contributed by atoms with van der Waals surface area (Å²) in [6, 6.07) is 6.22. The standard InChI is InChI=1S/C17H23FN2O3/c1-19-15-11-20(12-16(15)23-10-7-17(19)21)8-2-9-22-14-5-3-13(18)4-6-14/h3-6,15-16H,2,7-12H2,1H3/t15-,16-/m0/s1. The Morgan fingerprint density at radius 3 is 2.87 bits per heavy atom. The summed E-state index contributed by atoms with van der Waals surface area (Å²) in [5.41, 5.74) is 0. The average molecular weight is 322 g/mol. The average Bonchev–Trinajstić information content (AvgIpc) is 2.90. The number of hydrogen-bond donors (Lipinski definition) is 0. The fourth-order valence-electron chi connectivity index (χ4n) is 3.22. The number of nitrogens with zero attached hydrogens (tertiary/aromatic N) is 2. The van der Waals surface area contributed by atoms with Gasteiger partial charge in [-0.15, -0.1) is 0 Å². The number of benzene rings is 1. The van der Waals surface area contributed by atoms with E-state index in [1.165, 1.54) is 12.1 Å². The summed E-state index contributed by atoms with van der Waals surface area (Å²) in [4.78, 5) is 16.0. The van der Waals surface area contributed by atoms with Crippen molar-refractivity contribution in [1.82, 2.24) is 9.80 Å². The molecule has 23 heavy (non-hydrogen) atoms. The van der Waals surface area contributed by atoms with Crippen LogP contribution in [0, 0.1) is 5.82 Å². The predicted molar refractivity (Wildman–Crippen MR) is 83.9 cm³/mol. The topological polar surface area (TPSA) is 42.0 Å². The summed E-state index contributed by atoms with van der Waals surface area (Å²) >= 11 is 0. The van der Waals surface area contributed by atoms with Crippen molar-refractivity contribution in [3.8, 4) is 5.75 Å². The van der Waals surface area contributed by atoms with Crippen LogP contribution in [0.3, 0.4) is 0 Å². The molecular formula is C17H23FN2O3. The number of carbonyl (C=O) groups excluding carboxylic acids is 1. The zero-order valence-corrected chi connectivity index (χ0v) is 13.4. The van der Waals surface area contributed by atoms with Crippen LogP contribution in [0.2, 0.25) is 0 Å². The first kappa shape index (κ1) is 16.2. The van der Waals surface area contributed by atoms with Crippen LogP contribution in [-0.2, 0) is 9.53 Å². The Morgan fingerprint density at radius 2 is 2.09 bits per heavy atom. The number of hydrogen-bond acceptors (Lipinski definition) is 4. The molecule has 0 unspecified atom stereocenters. The molecule has 2 aliphatic heterocycles.